The van der Waals surface area contributed by atoms with Gasteiger partial charge in [-0.1, -0.05) is 48.2 Å². The minimum atomic E-state index is -0.228. The van der Waals surface area contributed by atoms with Crippen molar-refractivity contribution in [2.24, 2.45) is 0 Å². The van der Waals surface area contributed by atoms with Gasteiger partial charge in [0.05, 0.1) is 19.2 Å². The van der Waals surface area contributed by atoms with E-state index in [4.69, 9.17) is 4.74 Å². The molecule has 0 saturated carbocycles. The number of aromatic nitrogens is 4. The molecule has 1 aliphatic rings. The average molecular weight is 410 g/mol. The Labute approximate surface area is 173 Å². The third-order valence-electron chi connectivity index (χ3n) is 4.70. The van der Waals surface area contributed by atoms with Crippen molar-refractivity contribution < 1.29 is 9.53 Å². The SMILES string of the molecule is O=C(NCc1nnc(SCC2CCCO2)n1Cc1ccccc1)c1ccccn1. The molecule has 2 aromatic heterocycles. The van der Waals surface area contributed by atoms with Crippen molar-refractivity contribution in [1.29, 1.82) is 0 Å². The molecule has 1 N–H and O–H groups in total. The quantitative estimate of drug-likeness (QED) is 0.576. The minimum Gasteiger partial charge on any atom is -0.377 e. The van der Waals surface area contributed by atoms with Crippen LogP contribution in [0, 0.1) is 0 Å². The first-order valence-electron chi connectivity index (χ1n) is 9.69. The lowest BCUT2D eigenvalue weighted by atomic mass is 10.2. The van der Waals surface area contributed by atoms with Crippen LogP contribution in [-0.2, 0) is 17.8 Å². The Bertz CT molecular complexity index is 927. The molecular formula is C21H23N5O2S. The standard InChI is InChI=1S/C21H23N5O2S/c27-20(18-10-4-5-11-22-18)23-13-19-24-25-21(29-15-17-9-6-12-28-17)26(19)14-16-7-2-1-3-8-16/h1-5,7-8,10-11,17H,6,9,12-15H2,(H,23,27). The molecule has 1 fully saturated rings. The van der Waals surface area contributed by atoms with Crippen molar-refractivity contribution in [2.45, 2.75) is 37.2 Å². The fourth-order valence-electron chi connectivity index (χ4n) is 3.17. The highest BCUT2D eigenvalue weighted by Crippen LogP contribution is 2.24. The summed E-state index contributed by atoms with van der Waals surface area (Å²) < 4.78 is 7.79. The summed E-state index contributed by atoms with van der Waals surface area (Å²) in [4.78, 5) is 16.4. The zero-order chi connectivity index (χ0) is 19.9. The van der Waals surface area contributed by atoms with Gasteiger partial charge in [-0.15, -0.1) is 10.2 Å². The number of ether oxygens (including phenoxy) is 1. The summed E-state index contributed by atoms with van der Waals surface area (Å²) in [5, 5.41) is 12.4. The van der Waals surface area contributed by atoms with Gasteiger partial charge in [-0.2, -0.15) is 0 Å². The van der Waals surface area contributed by atoms with E-state index in [0.29, 0.717) is 18.1 Å². The number of pyridine rings is 1. The molecule has 1 unspecified atom stereocenters. The van der Waals surface area contributed by atoms with Gasteiger partial charge in [0, 0.05) is 18.6 Å². The van der Waals surface area contributed by atoms with Gasteiger partial charge in [0.1, 0.15) is 5.69 Å². The lowest BCUT2D eigenvalue weighted by molar-refractivity contribution is 0.0944. The molecule has 1 aliphatic heterocycles. The number of amides is 1. The highest BCUT2D eigenvalue weighted by atomic mass is 32.2. The Kier molecular flexibility index (Phi) is 6.53. The molecule has 1 amide bonds. The molecule has 0 aliphatic carbocycles. The fourth-order valence-corrected chi connectivity index (χ4v) is 4.19. The second-order valence-electron chi connectivity index (χ2n) is 6.81. The van der Waals surface area contributed by atoms with E-state index in [-0.39, 0.29) is 18.6 Å². The summed E-state index contributed by atoms with van der Waals surface area (Å²) in [5.41, 5.74) is 1.54. The lowest BCUT2D eigenvalue weighted by Crippen LogP contribution is -2.25. The highest BCUT2D eigenvalue weighted by molar-refractivity contribution is 7.99. The van der Waals surface area contributed by atoms with E-state index in [1.165, 1.54) is 0 Å². The van der Waals surface area contributed by atoms with Crippen LogP contribution in [0.1, 0.15) is 34.7 Å². The van der Waals surface area contributed by atoms with E-state index in [1.54, 1.807) is 36.2 Å². The normalized spacial score (nSPS) is 16.1. The van der Waals surface area contributed by atoms with Crippen LogP contribution in [0.25, 0.3) is 0 Å². The number of thioether (sulfide) groups is 1. The van der Waals surface area contributed by atoms with E-state index in [9.17, 15) is 4.79 Å². The van der Waals surface area contributed by atoms with Crippen LogP contribution in [0.5, 0.6) is 0 Å². The molecule has 0 radical (unpaired) electrons. The van der Waals surface area contributed by atoms with Gasteiger partial charge in [-0.3, -0.25) is 9.78 Å². The van der Waals surface area contributed by atoms with Crippen molar-refractivity contribution in [3.8, 4) is 0 Å². The third-order valence-corrected chi connectivity index (χ3v) is 5.80. The molecule has 0 bridgehead atoms. The summed E-state index contributed by atoms with van der Waals surface area (Å²) in [6.07, 6.45) is 4.08. The maximum absolute atomic E-state index is 12.3. The molecule has 4 rings (SSSR count). The number of benzene rings is 1. The van der Waals surface area contributed by atoms with E-state index < -0.39 is 0 Å². The Hall–Kier alpha value is -2.71. The predicted molar refractivity (Wildman–Crippen MR) is 111 cm³/mol. The van der Waals surface area contributed by atoms with Crippen LogP contribution < -0.4 is 5.32 Å². The van der Waals surface area contributed by atoms with Crippen LogP contribution in [0.4, 0.5) is 0 Å². The molecule has 8 heteroatoms. The summed E-state index contributed by atoms with van der Waals surface area (Å²) in [5.74, 6) is 1.34. The van der Waals surface area contributed by atoms with Gasteiger partial charge < -0.3 is 14.6 Å². The number of nitrogens with zero attached hydrogens (tertiary/aromatic N) is 4. The largest absolute Gasteiger partial charge is 0.377 e. The van der Waals surface area contributed by atoms with Crippen molar-refractivity contribution in [2.75, 3.05) is 12.4 Å². The zero-order valence-electron chi connectivity index (χ0n) is 16.0. The van der Waals surface area contributed by atoms with E-state index in [1.807, 2.05) is 18.2 Å². The third kappa shape index (κ3) is 5.21. The van der Waals surface area contributed by atoms with Gasteiger partial charge in [0.15, 0.2) is 11.0 Å². The van der Waals surface area contributed by atoms with Crippen LogP contribution >= 0.6 is 11.8 Å². The van der Waals surface area contributed by atoms with Crippen molar-refractivity contribution >= 4 is 17.7 Å². The van der Waals surface area contributed by atoms with Crippen molar-refractivity contribution in [3.63, 3.8) is 0 Å². The van der Waals surface area contributed by atoms with E-state index in [2.05, 4.69) is 37.2 Å². The minimum absolute atomic E-state index is 0.228. The van der Waals surface area contributed by atoms with E-state index in [0.717, 1.165) is 35.9 Å². The molecule has 29 heavy (non-hydrogen) atoms. The van der Waals surface area contributed by atoms with Gasteiger partial charge in [-0.25, -0.2) is 0 Å². The van der Waals surface area contributed by atoms with Gasteiger partial charge in [0.25, 0.3) is 5.91 Å². The molecule has 1 saturated heterocycles. The highest BCUT2D eigenvalue weighted by Gasteiger charge is 2.19. The molecule has 0 spiro atoms. The smallest absolute Gasteiger partial charge is 0.270 e. The van der Waals surface area contributed by atoms with E-state index >= 15 is 0 Å². The summed E-state index contributed by atoms with van der Waals surface area (Å²) in [6.45, 7) is 1.78. The molecule has 1 aromatic carbocycles. The number of nitrogens with one attached hydrogen (secondary N) is 1. The number of carbonyl (C=O) groups is 1. The lowest BCUT2D eigenvalue weighted by Gasteiger charge is -2.12. The number of rotatable bonds is 8. The first kappa shape index (κ1) is 19.6. The van der Waals surface area contributed by atoms with Crippen LogP contribution in [0.15, 0.2) is 59.9 Å². The van der Waals surface area contributed by atoms with Crippen LogP contribution in [0.3, 0.4) is 0 Å². The number of hydrogen-bond donors (Lipinski definition) is 1. The second kappa shape index (κ2) is 9.67. The summed E-state index contributed by atoms with van der Waals surface area (Å²) in [6, 6.07) is 15.4. The van der Waals surface area contributed by atoms with Gasteiger partial charge in [0.2, 0.25) is 0 Å². The molecular weight excluding hydrogens is 386 g/mol. The topological polar surface area (TPSA) is 81.9 Å². The monoisotopic (exact) mass is 409 g/mol. The Morgan fingerprint density at radius 3 is 2.79 bits per heavy atom. The Balaban J connectivity index is 1.48. The first-order valence-corrected chi connectivity index (χ1v) is 10.7. The van der Waals surface area contributed by atoms with Gasteiger partial charge >= 0.3 is 0 Å². The molecule has 3 heterocycles. The van der Waals surface area contributed by atoms with Gasteiger partial charge in [-0.05, 0) is 30.5 Å². The fraction of sp³-hybridized carbons (Fsp3) is 0.333. The molecule has 150 valence electrons. The molecule has 1 atom stereocenters. The van der Waals surface area contributed by atoms with Crippen molar-refractivity contribution in [3.05, 3.63) is 71.8 Å². The summed E-state index contributed by atoms with van der Waals surface area (Å²) in [7, 11) is 0. The second-order valence-corrected chi connectivity index (χ2v) is 7.80. The summed E-state index contributed by atoms with van der Waals surface area (Å²) >= 11 is 1.65. The maximum Gasteiger partial charge on any atom is 0.270 e. The maximum atomic E-state index is 12.3. The number of hydrogen-bond acceptors (Lipinski definition) is 6. The first-order chi connectivity index (χ1) is 14.3. The Morgan fingerprint density at radius 1 is 1.17 bits per heavy atom. The van der Waals surface area contributed by atoms with Crippen molar-refractivity contribution in [1.82, 2.24) is 25.1 Å². The van der Waals surface area contributed by atoms with Crippen LogP contribution in [-0.4, -0.2) is 44.1 Å². The zero-order valence-corrected chi connectivity index (χ0v) is 16.8. The predicted octanol–water partition coefficient (Wildman–Crippen LogP) is 2.92. The Morgan fingerprint density at radius 2 is 2.03 bits per heavy atom. The number of carbonyl (C=O) groups excluding carboxylic acids is 1. The molecule has 7 nitrogen and oxygen atoms in total. The van der Waals surface area contributed by atoms with Crippen LogP contribution in [0.2, 0.25) is 0 Å². The average Bonchev–Trinajstić information content (AvgIpc) is 3.42. The molecule has 3 aromatic rings.